The van der Waals surface area contributed by atoms with E-state index in [9.17, 15) is 4.79 Å². The van der Waals surface area contributed by atoms with Crippen molar-refractivity contribution in [2.24, 2.45) is 5.92 Å². The maximum atomic E-state index is 11.1. The zero-order chi connectivity index (χ0) is 14.0. The summed E-state index contributed by atoms with van der Waals surface area (Å²) in [6, 6.07) is 2.24. The zero-order valence-corrected chi connectivity index (χ0v) is 12.0. The van der Waals surface area contributed by atoms with Gasteiger partial charge in [0.2, 0.25) is 0 Å². The smallest absolute Gasteiger partial charge is 0.308 e. The van der Waals surface area contributed by atoms with Crippen LogP contribution in [0.3, 0.4) is 0 Å². The molecule has 0 bridgehead atoms. The van der Waals surface area contributed by atoms with Gasteiger partial charge in [-0.25, -0.2) is 0 Å². The van der Waals surface area contributed by atoms with Crippen LogP contribution in [0, 0.1) is 5.92 Å². The quantitative estimate of drug-likeness (QED) is 0.881. The summed E-state index contributed by atoms with van der Waals surface area (Å²) in [5, 5.41) is 13.7. The first-order valence-electron chi connectivity index (χ1n) is 7.09. The van der Waals surface area contributed by atoms with Crippen molar-refractivity contribution in [1.29, 1.82) is 0 Å². The molecule has 2 heterocycles. The third kappa shape index (κ3) is 2.81. The molecule has 2 rings (SSSR count). The van der Waals surface area contributed by atoms with Crippen LogP contribution >= 0.6 is 0 Å². The number of nitrogens with zero attached hydrogens (tertiary/aromatic N) is 3. The first-order chi connectivity index (χ1) is 9.06. The Labute approximate surface area is 114 Å². The van der Waals surface area contributed by atoms with Crippen LogP contribution in [0.25, 0.3) is 0 Å². The molecule has 1 fully saturated rings. The third-order valence-corrected chi connectivity index (χ3v) is 4.14. The van der Waals surface area contributed by atoms with E-state index in [4.69, 9.17) is 5.11 Å². The van der Waals surface area contributed by atoms with Gasteiger partial charge >= 0.3 is 5.97 Å². The maximum absolute atomic E-state index is 11.1. The highest BCUT2D eigenvalue weighted by Gasteiger charge is 2.35. The summed E-state index contributed by atoms with van der Waals surface area (Å²) in [4.78, 5) is 13.4. The Bertz CT molecular complexity index is 456. The number of hydrogen-bond acceptors (Lipinski definition) is 3. The molecule has 0 amide bonds. The lowest BCUT2D eigenvalue weighted by molar-refractivity contribution is -0.142. The van der Waals surface area contributed by atoms with Gasteiger partial charge in [0, 0.05) is 19.1 Å². The molecular weight excluding hydrogens is 242 g/mol. The highest BCUT2D eigenvalue weighted by molar-refractivity contribution is 5.71. The molecule has 1 aliphatic rings. The summed E-state index contributed by atoms with van der Waals surface area (Å²) in [6.45, 7) is 8.72. The summed E-state index contributed by atoms with van der Waals surface area (Å²) in [5.74, 6) is -0.906. The molecule has 1 N–H and O–H groups in total. The third-order valence-electron chi connectivity index (χ3n) is 4.14. The van der Waals surface area contributed by atoms with Crippen molar-refractivity contribution in [3.05, 3.63) is 17.5 Å². The van der Waals surface area contributed by atoms with Gasteiger partial charge in [0.25, 0.3) is 0 Å². The van der Waals surface area contributed by atoms with Gasteiger partial charge in [0.15, 0.2) is 0 Å². The molecule has 5 nitrogen and oxygen atoms in total. The zero-order valence-electron chi connectivity index (χ0n) is 12.0. The molecule has 1 saturated heterocycles. The molecule has 1 aromatic rings. The first kappa shape index (κ1) is 14.1. The Morgan fingerprint density at radius 1 is 1.53 bits per heavy atom. The molecule has 2 unspecified atom stereocenters. The van der Waals surface area contributed by atoms with Gasteiger partial charge in [-0.3, -0.25) is 14.4 Å². The van der Waals surface area contributed by atoms with E-state index in [1.165, 1.54) is 5.69 Å². The largest absolute Gasteiger partial charge is 0.481 e. The van der Waals surface area contributed by atoms with Gasteiger partial charge in [0.1, 0.15) is 0 Å². The van der Waals surface area contributed by atoms with Gasteiger partial charge in [-0.2, -0.15) is 5.10 Å². The van der Waals surface area contributed by atoms with Crippen molar-refractivity contribution in [2.45, 2.75) is 52.7 Å². The summed E-state index contributed by atoms with van der Waals surface area (Å²) >= 11 is 0. The Morgan fingerprint density at radius 2 is 2.26 bits per heavy atom. The van der Waals surface area contributed by atoms with Crippen molar-refractivity contribution in [3.8, 4) is 0 Å². The average Bonchev–Trinajstić information content (AvgIpc) is 2.94. The van der Waals surface area contributed by atoms with Crippen LogP contribution in [0.1, 0.15) is 38.6 Å². The lowest BCUT2D eigenvalue weighted by Crippen LogP contribution is -2.33. The maximum Gasteiger partial charge on any atom is 0.308 e. The molecule has 1 aromatic heterocycles. The molecule has 0 aliphatic carbocycles. The number of aryl methyl sites for hydroxylation is 2. The number of carboxylic acid groups (broad SMARTS) is 1. The van der Waals surface area contributed by atoms with Gasteiger partial charge in [-0.15, -0.1) is 0 Å². The molecule has 19 heavy (non-hydrogen) atoms. The Kier molecular flexibility index (Phi) is 4.24. The SMILES string of the molecule is CCc1cc(CN2CCC(C(=O)O)C2C)n(CC)n1. The fourth-order valence-corrected chi connectivity index (χ4v) is 2.85. The molecule has 0 spiro atoms. The molecule has 0 saturated carbocycles. The lowest BCUT2D eigenvalue weighted by Gasteiger charge is -2.23. The number of likely N-dealkylation sites (tertiary alicyclic amines) is 1. The van der Waals surface area contributed by atoms with Crippen molar-refractivity contribution >= 4 is 5.97 Å². The molecule has 106 valence electrons. The van der Waals surface area contributed by atoms with E-state index < -0.39 is 5.97 Å². The van der Waals surface area contributed by atoms with Crippen LogP contribution in [-0.4, -0.2) is 38.3 Å². The summed E-state index contributed by atoms with van der Waals surface area (Å²) in [5.41, 5.74) is 2.30. The van der Waals surface area contributed by atoms with Crippen molar-refractivity contribution in [2.75, 3.05) is 6.54 Å². The van der Waals surface area contributed by atoms with E-state index in [0.29, 0.717) is 0 Å². The second-order valence-corrected chi connectivity index (χ2v) is 5.24. The second kappa shape index (κ2) is 5.74. The number of aromatic nitrogens is 2. The Morgan fingerprint density at radius 3 is 2.79 bits per heavy atom. The minimum absolute atomic E-state index is 0.0998. The van der Waals surface area contributed by atoms with Gasteiger partial charge in [0.05, 0.1) is 17.3 Å². The summed E-state index contributed by atoms with van der Waals surface area (Å²) in [6.07, 6.45) is 1.69. The number of carbonyl (C=O) groups is 1. The van der Waals surface area contributed by atoms with E-state index >= 15 is 0 Å². The second-order valence-electron chi connectivity index (χ2n) is 5.24. The van der Waals surface area contributed by atoms with E-state index in [0.717, 1.165) is 38.2 Å². The lowest BCUT2D eigenvalue weighted by atomic mass is 10.0. The van der Waals surface area contributed by atoms with Gasteiger partial charge in [-0.05, 0) is 39.3 Å². The van der Waals surface area contributed by atoms with Crippen LogP contribution in [0.15, 0.2) is 6.07 Å². The van der Waals surface area contributed by atoms with Gasteiger partial charge in [-0.1, -0.05) is 6.92 Å². The van der Waals surface area contributed by atoms with Crippen molar-refractivity contribution in [3.63, 3.8) is 0 Å². The number of rotatable bonds is 5. The van der Waals surface area contributed by atoms with Gasteiger partial charge < -0.3 is 5.11 Å². The topological polar surface area (TPSA) is 58.4 Å². The minimum Gasteiger partial charge on any atom is -0.481 e. The molecule has 0 aromatic carbocycles. The van der Waals surface area contributed by atoms with E-state index in [-0.39, 0.29) is 12.0 Å². The molecule has 0 radical (unpaired) electrons. The minimum atomic E-state index is -0.673. The number of hydrogen-bond donors (Lipinski definition) is 1. The number of carboxylic acids is 1. The van der Waals surface area contributed by atoms with Crippen LogP contribution in [0.5, 0.6) is 0 Å². The molecule has 2 atom stereocenters. The fraction of sp³-hybridized carbons (Fsp3) is 0.714. The van der Waals surface area contributed by atoms with Crippen LogP contribution in [0.4, 0.5) is 0 Å². The molecule has 1 aliphatic heterocycles. The van der Waals surface area contributed by atoms with E-state index in [1.807, 2.05) is 11.6 Å². The summed E-state index contributed by atoms with van der Waals surface area (Å²) in [7, 11) is 0. The molecule has 5 heteroatoms. The van der Waals surface area contributed by atoms with Crippen molar-refractivity contribution in [1.82, 2.24) is 14.7 Å². The fourth-order valence-electron chi connectivity index (χ4n) is 2.85. The Hall–Kier alpha value is -1.36. The van der Waals surface area contributed by atoms with Crippen molar-refractivity contribution < 1.29 is 9.90 Å². The van der Waals surface area contributed by atoms with Crippen LogP contribution in [-0.2, 0) is 24.3 Å². The number of aliphatic carboxylic acids is 1. The van der Waals surface area contributed by atoms with E-state index in [1.54, 1.807) is 0 Å². The normalized spacial score (nSPS) is 23.9. The molecular formula is C14H23N3O2. The summed E-state index contributed by atoms with van der Waals surface area (Å²) < 4.78 is 2.03. The highest BCUT2D eigenvalue weighted by atomic mass is 16.4. The predicted octanol–water partition coefficient (Wildman–Crippen LogP) is 1.76. The monoisotopic (exact) mass is 265 g/mol. The highest BCUT2D eigenvalue weighted by Crippen LogP contribution is 2.26. The predicted molar refractivity (Wildman–Crippen MR) is 72.9 cm³/mol. The Balaban J connectivity index is 2.09. The van der Waals surface area contributed by atoms with E-state index in [2.05, 4.69) is 29.9 Å². The first-order valence-corrected chi connectivity index (χ1v) is 7.09. The standard InChI is InChI=1S/C14H23N3O2/c1-4-11-8-12(17(5-2)15-11)9-16-7-6-13(10(16)3)14(18)19/h8,10,13H,4-7,9H2,1-3H3,(H,18,19). The average molecular weight is 265 g/mol. The van der Waals surface area contributed by atoms with Crippen LogP contribution in [0.2, 0.25) is 0 Å². The van der Waals surface area contributed by atoms with Crippen LogP contribution < -0.4 is 0 Å².